The van der Waals surface area contributed by atoms with E-state index in [1.807, 2.05) is 18.2 Å². The van der Waals surface area contributed by atoms with Gasteiger partial charge in [0.15, 0.2) is 4.87 Å². The summed E-state index contributed by atoms with van der Waals surface area (Å²) >= 11 is 13.1. The van der Waals surface area contributed by atoms with Crippen LogP contribution in [0.15, 0.2) is 36.4 Å². The molecule has 1 N–H and O–H groups in total. The predicted molar refractivity (Wildman–Crippen MR) is 106 cm³/mol. The SMILES string of the molecule is COc1ccc(N2CCCCC2)cc1C1(Cl)C(=O)Nc2ccc(Cl)cc21. The molecule has 2 aromatic carbocycles. The minimum absolute atomic E-state index is 0.287. The van der Waals surface area contributed by atoms with Crippen LogP contribution in [0.3, 0.4) is 0 Å². The van der Waals surface area contributed by atoms with E-state index in [1.54, 1.807) is 25.3 Å². The number of alkyl halides is 1. The van der Waals surface area contributed by atoms with E-state index >= 15 is 0 Å². The number of hydrogen-bond donors (Lipinski definition) is 1. The van der Waals surface area contributed by atoms with Crippen molar-refractivity contribution in [1.29, 1.82) is 0 Å². The van der Waals surface area contributed by atoms with Crippen molar-refractivity contribution < 1.29 is 9.53 Å². The molecule has 0 spiro atoms. The van der Waals surface area contributed by atoms with Gasteiger partial charge in [-0.05, 0) is 55.7 Å². The number of amides is 1. The van der Waals surface area contributed by atoms with E-state index in [-0.39, 0.29) is 5.91 Å². The number of rotatable bonds is 3. The van der Waals surface area contributed by atoms with E-state index < -0.39 is 4.87 Å². The summed E-state index contributed by atoms with van der Waals surface area (Å²) in [5.74, 6) is 0.300. The summed E-state index contributed by atoms with van der Waals surface area (Å²) in [6.45, 7) is 2.02. The van der Waals surface area contributed by atoms with Gasteiger partial charge in [-0.1, -0.05) is 23.2 Å². The molecular weight excluding hydrogens is 371 g/mol. The van der Waals surface area contributed by atoms with Crippen molar-refractivity contribution in [3.05, 3.63) is 52.5 Å². The Morgan fingerprint density at radius 2 is 1.85 bits per heavy atom. The van der Waals surface area contributed by atoms with Crippen LogP contribution in [0.2, 0.25) is 5.02 Å². The van der Waals surface area contributed by atoms with Gasteiger partial charge in [0.05, 0.1) is 7.11 Å². The fourth-order valence-electron chi connectivity index (χ4n) is 3.82. The van der Waals surface area contributed by atoms with Crippen LogP contribution in [0, 0.1) is 0 Å². The fraction of sp³-hybridized carbons (Fsp3) is 0.350. The third kappa shape index (κ3) is 2.72. The van der Waals surface area contributed by atoms with Gasteiger partial charge in [-0.2, -0.15) is 0 Å². The molecule has 0 aliphatic carbocycles. The average Bonchev–Trinajstić information content (AvgIpc) is 2.93. The first-order valence-electron chi connectivity index (χ1n) is 8.78. The number of hydrogen-bond acceptors (Lipinski definition) is 3. The van der Waals surface area contributed by atoms with Gasteiger partial charge in [-0.3, -0.25) is 4.79 Å². The summed E-state index contributed by atoms with van der Waals surface area (Å²) in [4.78, 5) is 13.8. The lowest BCUT2D eigenvalue weighted by Crippen LogP contribution is -2.32. The monoisotopic (exact) mass is 390 g/mol. The largest absolute Gasteiger partial charge is 0.496 e. The first-order valence-corrected chi connectivity index (χ1v) is 9.53. The van der Waals surface area contributed by atoms with Gasteiger partial charge in [0.25, 0.3) is 5.91 Å². The van der Waals surface area contributed by atoms with Gasteiger partial charge in [0.1, 0.15) is 5.75 Å². The fourth-order valence-corrected chi connectivity index (χ4v) is 4.35. The highest BCUT2D eigenvalue weighted by Gasteiger charge is 2.49. The van der Waals surface area contributed by atoms with Crippen molar-refractivity contribution in [3.63, 3.8) is 0 Å². The highest BCUT2D eigenvalue weighted by Crippen LogP contribution is 2.50. The van der Waals surface area contributed by atoms with Crippen molar-refractivity contribution in [1.82, 2.24) is 0 Å². The molecule has 0 saturated carbocycles. The number of methoxy groups -OCH3 is 1. The molecule has 6 heteroatoms. The summed E-state index contributed by atoms with van der Waals surface area (Å²) in [5.41, 5.74) is 3.04. The molecule has 1 saturated heterocycles. The summed E-state index contributed by atoms with van der Waals surface area (Å²) < 4.78 is 5.54. The van der Waals surface area contributed by atoms with Crippen LogP contribution >= 0.6 is 23.2 Å². The summed E-state index contributed by atoms with van der Waals surface area (Å²) in [7, 11) is 1.59. The number of fused-ring (bicyclic) bond motifs is 1. The Balaban J connectivity index is 1.86. The molecule has 2 aromatic rings. The Labute approximate surface area is 163 Å². The lowest BCUT2D eigenvalue weighted by atomic mass is 9.90. The minimum atomic E-state index is -1.36. The second-order valence-corrected chi connectivity index (χ2v) is 7.74. The predicted octanol–water partition coefficient (Wildman–Crippen LogP) is 4.77. The molecule has 1 unspecified atom stereocenters. The van der Waals surface area contributed by atoms with Gasteiger partial charge < -0.3 is 15.0 Å². The Morgan fingerprint density at radius 1 is 1.08 bits per heavy atom. The second-order valence-electron chi connectivity index (χ2n) is 6.73. The molecule has 136 valence electrons. The molecule has 2 aliphatic heterocycles. The van der Waals surface area contributed by atoms with Crippen LogP contribution in [-0.2, 0) is 9.67 Å². The molecule has 0 bridgehead atoms. The zero-order valence-electron chi connectivity index (χ0n) is 14.5. The van der Waals surface area contributed by atoms with Crippen molar-refractivity contribution in [2.24, 2.45) is 0 Å². The maximum Gasteiger partial charge on any atom is 0.254 e. The number of benzene rings is 2. The number of nitrogens with one attached hydrogen (secondary N) is 1. The molecule has 2 heterocycles. The van der Waals surface area contributed by atoms with Crippen LogP contribution in [-0.4, -0.2) is 26.1 Å². The zero-order valence-corrected chi connectivity index (χ0v) is 16.0. The van der Waals surface area contributed by atoms with Crippen LogP contribution < -0.4 is 15.0 Å². The van der Waals surface area contributed by atoms with Crippen LogP contribution in [0.5, 0.6) is 5.75 Å². The molecule has 4 nitrogen and oxygen atoms in total. The first kappa shape index (κ1) is 17.5. The van der Waals surface area contributed by atoms with Crippen LogP contribution in [0.1, 0.15) is 30.4 Å². The van der Waals surface area contributed by atoms with E-state index in [0.29, 0.717) is 27.6 Å². The smallest absolute Gasteiger partial charge is 0.254 e. The second kappa shape index (κ2) is 6.67. The topological polar surface area (TPSA) is 41.6 Å². The molecule has 0 radical (unpaired) electrons. The minimum Gasteiger partial charge on any atom is -0.496 e. The molecule has 1 atom stereocenters. The van der Waals surface area contributed by atoms with Gasteiger partial charge >= 0.3 is 0 Å². The van der Waals surface area contributed by atoms with Crippen molar-refractivity contribution in [2.75, 3.05) is 30.4 Å². The van der Waals surface area contributed by atoms with E-state index in [0.717, 1.165) is 18.8 Å². The zero-order chi connectivity index (χ0) is 18.3. The van der Waals surface area contributed by atoms with Gasteiger partial charge in [0, 0.05) is 40.6 Å². The van der Waals surface area contributed by atoms with Gasteiger partial charge in [-0.15, -0.1) is 0 Å². The molecular formula is C20H20Cl2N2O2. The molecule has 0 aromatic heterocycles. The average molecular weight is 391 g/mol. The summed E-state index contributed by atoms with van der Waals surface area (Å²) in [5, 5.41) is 3.40. The number of halogens is 2. The van der Waals surface area contributed by atoms with Gasteiger partial charge in [-0.25, -0.2) is 0 Å². The number of piperidine rings is 1. The number of ether oxygens (including phenoxy) is 1. The maximum absolute atomic E-state index is 12.9. The normalized spacial score (nSPS) is 22.1. The third-order valence-corrected chi connectivity index (χ3v) is 6.00. The highest BCUT2D eigenvalue weighted by molar-refractivity contribution is 6.42. The van der Waals surface area contributed by atoms with Crippen LogP contribution in [0.25, 0.3) is 0 Å². The Bertz CT molecular complexity index is 865. The molecule has 1 amide bonds. The molecule has 2 aliphatic rings. The maximum atomic E-state index is 12.9. The summed E-state index contributed by atoms with van der Waals surface area (Å²) in [6, 6.07) is 11.2. The number of nitrogens with zero attached hydrogens (tertiary/aromatic N) is 1. The van der Waals surface area contributed by atoms with E-state index in [1.165, 1.54) is 19.3 Å². The van der Waals surface area contributed by atoms with E-state index in [9.17, 15) is 4.79 Å². The quantitative estimate of drug-likeness (QED) is 0.767. The lowest BCUT2D eigenvalue weighted by molar-refractivity contribution is -0.117. The molecule has 26 heavy (non-hydrogen) atoms. The Kier molecular flexibility index (Phi) is 4.49. The third-order valence-electron chi connectivity index (χ3n) is 5.19. The lowest BCUT2D eigenvalue weighted by Gasteiger charge is -2.31. The molecule has 4 rings (SSSR count). The first-order chi connectivity index (χ1) is 12.5. The van der Waals surface area contributed by atoms with Crippen LogP contribution in [0.4, 0.5) is 11.4 Å². The Morgan fingerprint density at radius 3 is 2.58 bits per heavy atom. The molecule has 1 fully saturated rings. The number of anilines is 2. The van der Waals surface area contributed by atoms with Crippen molar-refractivity contribution in [2.45, 2.75) is 24.1 Å². The van der Waals surface area contributed by atoms with E-state index in [4.69, 9.17) is 27.9 Å². The standard InChI is InChI=1S/C20H20Cl2N2O2/c1-26-18-8-6-14(24-9-3-2-4-10-24)12-16(18)20(22)15-11-13(21)5-7-17(15)23-19(20)25/h5-8,11-12H,2-4,9-10H2,1H3,(H,23,25). The summed E-state index contributed by atoms with van der Waals surface area (Å²) in [6.07, 6.45) is 3.60. The highest BCUT2D eigenvalue weighted by atomic mass is 35.5. The van der Waals surface area contributed by atoms with E-state index in [2.05, 4.69) is 10.2 Å². The Hall–Kier alpha value is -1.91. The number of carbonyl (C=O) groups excluding carboxylic acids is 1. The van der Waals surface area contributed by atoms with Crippen molar-refractivity contribution in [3.8, 4) is 5.75 Å². The van der Waals surface area contributed by atoms with Gasteiger partial charge in [0.2, 0.25) is 0 Å². The number of carbonyl (C=O) groups is 1. The van der Waals surface area contributed by atoms with Crippen molar-refractivity contribution >= 4 is 40.5 Å².